The van der Waals surface area contributed by atoms with E-state index in [9.17, 15) is 0 Å². The van der Waals surface area contributed by atoms with Crippen molar-refractivity contribution in [3.05, 3.63) is 12.8 Å². The van der Waals surface area contributed by atoms with Crippen LogP contribution in [0.2, 0.25) is 0 Å². The minimum Gasteiger partial charge on any atom is -0.312 e. The van der Waals surface area contributed by atoms with Crippen LogP contribution < -0.4 is 10.9 Å². The highest BCUT2D eigenvalue weighted by Crippen LogP contribution is 1.55. The summed E-state index contributed by atoms with van der Waals surface area (Å²) in [4.78, 5) is 3.63. The van der Waals surface area contributed by atoms with Crippen LogP contribution in [0.1, 0.15) is 0 Å². The smallest absolute Gasteiger partial charge is 0.102 e. The van der Waals surface area contributed by atoms with Gasteiger partial charge in [0.2, 0.25) is 0 Å². The maximum Gasteiger partial charge on any atom is 0.102 e. The fourth-order valence-corrected chi connectivity index (χ4v) is 0.155. The predicted octanol–water partition coefficient (Wildman–Crippen LogP) is -0.118. The van der Waals surface area contributed by atoms with Gasteiger partial charge in [0.25, 0.3) is 0 Å². The first-order chi connectivity index (χ1) is 3.41. The number of hydrazine groups is 1. The zero-order valence-corrected chi connectivity index (χ0v) is 4.31. The van der Waals surface area contributed by atoms with Crippen molar-refractivity contribution in [3.63, 3.8) is 0 Å². The van der Waals surface area contributed by atoms with Gasteiger partial charge >= 0.3 is 0 Å². The molecule has 0 saturated carbocycles. The van der Waals surface area contributed by atoms with E-state index in [2.05, 4.69) is 22.4 Å². The third kappa shape index (κ3) is 5.17. The Bertz CT molecular complexity index is 67.3. The lowest BCUT2D eigenvalue weighted by Crippen LogP contribution is -2.25. The SMILES string of the molecule is C=CN=CNNC. The van der Waals surface area contributed by atoms with Crippen molar-refractivity contribution >= 4 is 6.34 Å². The van der Waals surface area contributed by atoms with Crippen molar-refractivity contribution in [2.24, 2.45) is 4.99 Å². The zero-order chi connectivity index (χ0) is 5.54. The van der Waals surface area contributed by atoms with Crippen molar-refractivity contribution < 1.29 is 0 Å². The molecular formula is C4H9N3. The van der Waals surface area contributed by atoms with Crippen LogP contribution in [0, 0.1) is 0 Å². The van der Waals surface area contributed by atoms with E-state index in [0.717, 1.165) is 0 Å². The van der Waals surface area contributed by atoms with Gasteiger partial charge in [-0.1, -0.05) is 6.58 Å². The fourth-order valence-electron chi connectivity index (χ4n) is 0.155. The Hall–Kier alpha value is -0.830. The van der Waals surface area contributed by atoms with Crippen molar-refractivity contribution in [3.8, 4) is 0 Å². The van der Waals surface area contributed by atoms with E-state index >= 15 is 0 Å². The van der Waals surface area contributed by atoms with Crippen LogP contribution in [0.25, 0.3) is 0 Å². The van der Waals surface area contributed by atoms with Gasteiger partial charge in [-0.05, 0) is 0 Å². The lowest BCUT2D eigenvalue weighted by atomic mass is 11.0. The molecule has 0 aromatic carbocycles. The number of nitrogens with zero attached hydrogens (tertiary/aromatic N) is 1. The van der Waals surface area contributed by atoms with Gasteiger partial charge in [0, 0.05) is 13.2 Å². The summed E-state index contributed by atoms with van der Waals surface area (Å²) in [5.74, 6) is 0. The Morgan fingerprint density at radius 1 is 1.71 bits per heavy atom. The number of nitrogens with one attached hydrogen (secondary N) is 2. The number of hydrogen-bond donors (Lipinski definition) is 2. The molecule has 7 heavy (non-hydrogen) atoms. The maximum absolute atomic E-state index is 3.63. The Labute approximate surface area is 43.1 Å². The molecule has 0 heterocycles. The highest BCUT2D eigenvalue weighted by Gasteiger charge is 1.57. The van der Waals surface area contributed by atoms with E-state index in [1.807, 2.05) is 0 Å². The van der Waals surface area contributed by atoms with E-state index in [0.29, 0.717) is 0 Å². The van der Waals surface area contributed by atoms with Crippen LogP contribution >= 0.6 is 0 Å². The van der Waals surface area contributed by atoms with Crippen molar-refractivity contribution in [2.75, 3.05) is 7.05 Å². The summed E-state index contributed by atoms with van der Waals surface area (Å²) in [7, 11) is 1.76. The number of rotatable bonds is 3. The lowest BCUT2D eigenvalue weighted by molar-refractivity contribution is 0.782. The first-order valence-electron chi connectivity index (χ1n) is 1.96. The van der Waals surface area contributed by atoms with Crippen LogP contribution in [0.3, 0.4) is 0 Å². The van der Waals surface area contributed by atoms with Crippen LogP contribution in [0.5, 0.6) is 0 Å². The van der Waals surface area contributed by atoms with Gasteiger partial charge < -0.3 is 5.43 Å². The van der Waals surface area contributed by atoms with E-state index in [1.165, 1.54) is 12.5 Å². The van der Waals surface area contributed by atoms with Crippen molar-refractivity contribution in [1.29, 1.82) is 0 Å². The molecular weight excluding hydrogens is 90.1 g/mol. The summed E-state index contributed by atoms with van der Waals surface area (Å²) in [6.45, 7) is 3.37. The van der Waals surface area contributed by atoms with Crippen molar-refractivity contribution in [1.82, 2.24) is 10.9 Å². The molecule has 0 aliphatic rings. The van der Waals surface area contributed by atoms with Crippen molar-refractivity contribution in [2.45, 2.75) is 0 Å². The normalized spacial score (nSPS) is 9.29. The molecule has 3 nitrogen and oxygen atoms in total. The second-order valence-corrected chi connectivity index (χ2v) is 0.855. The van der Waals surface area contributed by atoms with Gasteiger partial charge in [0.15, 0.2) is 0 Å². The quantitative estimate of drug-likeness (QED) is 0.294. The first kappa shape index (κ1) is 6.17. The predicted molar refractivity (Wildman–Crippen MR) is 30.9 cm³/mol. The highest BCUT2D eigenvalue weighted by molar-refractivity contribution is 5.53. The zero-order valence-electron chi connectivity index (χ0n) is 4.31. The minimum atomic E-state index is 1.45. The molecule has 2 N–H and O–H groups in total. The molecule has 0 aliphatic carbocycles. The summed E-state index contributed by atoms with van der Waals surface area (Å²) in [5, 5.41) is 0. The van der Waals surface area contributed by atoms with E-state index in [1.54, 1.807) is 7.05 Å². The lowest BCUT2D eigenvalue weighted by Gasteiger charge is -1.88. The highest BCUT2D eigenvalue weighted by atomic mass is 15.3. The fraction of sp³-hybridized carbons (Fsp3) is 0.250. The molecule has 0 unspecified atom stereocenters. The molecule has 0 aliphatic heterocycles. The summed E-state index contributed by atoms with van der Waals surface area (Å²) < 4.78 is 0. The third-order valence-corrected chi connectivity index (χ3v) is 0.389. The van der Waals surface area contributed by atoms with Gasteiger partial charge in [-0.3, -0.25) is 0 Å². The second-order valence-electron chi connectivity index (χ2n) is 0.855. The van der Waals surface area contributed by atoms with Gasteiger partial charge in [-0.2, -0.15) is 0 Å². The van der Waals surface area contributed by atoms with Crippen LogP contribution in [0.15, 0.2) is 17.8 Å². The first-order valence-corrected chi connectivity index (χ1v) is 1.96. The van der Waals surface area contributed by atoms with Gasteiger partial charge in [-0.25, -0.2) is 10.4 Å². The van der Waals surface area contributed by atoms with Gasteiger partial charge in [0.1, 0.15) is 6.34 Å². The molecule has 0 bridgehead atoms. The van der Waals surface area contributed by atoms with E-state index in [4.69, 9.17) is 0 Å². The average molecular weight is 99.1 g/mol. The van der Waals surface area contributed by atoms with Gasteiger partial charge in [-0.15, -0.1) is 0 Å². The Kier molecular flexibility index (Phi) is 4.56. The third-order valence-electron chi connectivity index (χ3n) is 0.389. The largest absolute Gasteiger partial charge is 0.312 e. The van der Waals surface area contributed by atoms with Crippen LogP contribution in [-0.4, -0.2) is 13.4 Å². The molecule has 0 aromatic heterocycles. The molecule has 0 spiro atoms. The molecule has 40 valence electrons. The average Bonchev–Trinajstić information content (AvgIpc) is 1.69. The molecule has 0 rings (SSSR count). The molecule has 3 heteroatoms. The molecule has 0 atom stereocenters. The molecule has 0 saturated heterocycles. The minimum absolute atomic E-state index is 1.45. The standard InChI is InChI=1S/C4H9N3/c1-3-6-4-7-5-2/h3-5H,1H2,2H3,(H,6,7). The molecule has 0 amide bonds. The number of hydrogen-bond acceptors (Lipinski definition) is 2. The maximum atomic E-state index is 3.63. The Morgan fingerprint density at radius 3 is 2.86 bits per heavy atom. The summed E-state index contributed by atoms with van der Waals surface area (Å²) in [6.07, 6.45) is 2.96. The topological polar surface area (TPSA) is 36.4 Å². The van der Waals surface area contributed by atoms with Crippen LogP contribution in [-0.2, 0) is 0 Å². The summed E-state index contributed by atoms with van der Waals surface area (Å²) >= 11 is 0. The summed E-state index contributed by atoms with van der Waals surface area (Å²) in [6, 6.07) is 0. The van der Waals surface area contributed by atoms with Gasteiger partial charge in [0.05, 0.1) is 0 Å². The number of aliphatic imine (C=N–C) groups is 1. The van der Waals surface area contributed by atoms with E-state index < -0.39 is 0 Å². The Morgan fingerprint density at radius 2 is 2.43 bits per heavy atom. The second kappa shape index (κ2) is 5.17. The van der Waals surface area contributed by atoms with E-state index in [-0.39, 0.29) is 0 Å². The molecule has 0 aromatic rings. The Balaban J connectivity index is 2.92. The molecule has 0 radical (unpaired) electrons. The van der Waals surface area contributed by atoms with Crippen LogP contribution in [0.4, 0.5) is 0 Å². The summed E-state index contributed by atoms with van der Waals surface area (Å²) in [5.41, 5.74) is 5.29. The molecule has 0 fully saturated rings. The monoisotopic (exact) mass is 99.1 g/mol.